The minimum Gasteiger partial charge on any atom is -0.481 e. The Balaban J connectivity index is -0.000000317. The Morgan fingerprint density at radius 3 is 1.86 bits per heavy atom. The van der Waals surface area contributed by atoms with E-state index in [4.69, 9.17) is 14.8 Å². The average molecular weight is 350 g/mol. The first-order valence-electron chi connectivity index (χ1n) is 6.30. The first kappa shape index (κ1) is 26.4. The summed E-state index contributed by atoms with van der Waals surface area (Å²) in [4.78, 5) is 20.0. The molecule has 0 saturated carbocycles. The van der Waals surface area contributed by atoms with Gasteiger partial charge in [0.25, 0.3) is 10.1 Å². The smallest absolute Gasteiger partial charge is 0.481 e. The van der Waals surface area contributed by atoms with Gasteiger partial charge in [0.2, 0.25) is 0 Å². The molecule has 0 radical (unpaired) electrons. The number of rotatable bonds is 8. The molecule has 0 aromatic carbocycles. The van der Waals surface area contributed by atoms with E-state index < -0.39 is 33.7 Å². The molecule has 0 bridgehead atoms. The SMILES string of the molecule is O=C(O)CC(C(=O)O)S(=O)(=O)O.[CH2-]C(CC)CCCC.[K+]. The third-order valence-electron chi connectivity index (χ3n) is 2.54. The van der Waals surface area contributed by atoms with E-state index >= 15 is 0 Å². The molecule has 0 aromatic heterocycles. The van der Waals surface area contributed by atoms with Crippen LogP contribution in [0.1, 0.15) is 46.0 Å². The van der Waals surface area contributed by atoms with Crippen molar-refractivity contribution in [3.05, 3.63) is 6.92 Å². The zero-order chi connectivity index (χ0) is 16.3. The summed E-state index contributed by atoms with van der Waals surface area (Å²) in [5, 5.41) is 13.9. The number of unbranched alkanes of at least 4 members (excludes halogenated alkanes) is 1. The van der Waals surface area contributed by atoms with Gasteiger partial charge in [-0.1, -0.05) is 39.5 Å². The Kier molecular flexibility index (Phi) is 17.7. The molecule has 0 aromatic rings. The maximum atomic E-state index is 10.2. The molecule has 0 aliphatic heterocycles. The third kappa shape index (κ3) is 16.7. The Labute approximate surface area is 168 Å². The van der Waals surface area contributed by atoms with Gasteiger partial charge in [-0.2, -0.15) is 14.3 Å². The van der Waals surface area contributed by atoms with Gasteiger partial charge in [0.15, 0.2) is 5.25 Å². The third-order valence-corrected chi connectivity index (χ3v) is 3.63. The van der Waals surface area contributed by atoms with E-state index in [9.17, 15) is 18.0 Å². The van der Waals surface area contributed by atoms with Crippen molar-refractivity contribution >= 4 is 22.1 Å². The molecule has 7 nitrogen and oxygen atoms in total. The Morgan fingerprint density at radius 2 is 1.67 bits per heavy atom. The first-order chi connectivity index (χ1) is 9.06. The summed E-state index contributed by atoms with van der Waals surface area (Å²) < 4.78 is 28.7. The molecule has 9 heteroatoms. The van der Waals surface area contributed by atoms with Crippen molar-refractivity contribution in [3.63, 3.8) is 0 Å². The average Bonchev–Trinajstić information content (AvgIpc) is 2.31. The normalized spacial score (nSPS) is 13.1. The molecule has 0 amide bonds. The Morgan fingerprint density at radius 1 is 1.19 bits per heavy atom. The van der Waals surface area contributed by atoms with E-state index in [2.05, 4.69) is 20.8 Å². The van der Waals surface area contributed by atoms with E-state index in [1.54, 1.807) is 0 Å². The van der Waals surface area contributed by atoms with Gasteiger partial charge >= 0.3 is 63.3 Å². The van der Waals surface area contributed by atoms with Crippen molar-refractivity contribution in [2.24, 2.45) is 5.92 Å². The molecule has 0 spiro atoms. The maximum Gasteiger partial charge on any atom is 1.00 e. The first-order valence-corrected chi connectivity index (χ1v) is 7.80. The van der Waals surface area contributed by atoms with Crippen molar-refractivity contribution in [1.82, 2.24) is 0 Å². The summed E-state index contributed by atoms with van der Waals surface area (Å²) in [6.45, 7) is 8.42. The summed E-state index contributed by atoms with van der Waals surface area (Å²) in [6.07, 6.45) is 4.05. The number of carboxylic acid groups (broad SMARTS) is 2. The van der Waals surface area contributed by atoms with E-state index in [0.29, 0.717) is 5.92 Å². The van der Waals surface area contributed by atoms with Gasteiger partial charge in [-0.3, -0.25) is 14.1 Å². The van der Waals surface area contributed by atoms with Crippen LogP contribution in [-0.2, 0) is 19.7 Å². The molecule has 3 N–H and O–H groups in total. The van der Waals surface area contributed by atoms with Gasteiger partial charge in [-0.15, -0.1) is 0 Å². The second-order valence-electron chi connectivity index (χ2n) is 4.36. The van der Waals surface area contributed by atoms with Gasteiger partial charge in [0, 0.05) is 0 Å². The van der Waals surface area contributed by atoms with E-state index in [1.807, 2.05) is 0 Å². The van der Waals surface area contributed by atoms with Crippen LogP contribution < -0.4 is 51.4 Å². The molecule has 0 saturated heterocycles. The topological polar surface area (TPSA) is 129 Å². The van der Waals surface area contributed by atoms with Crippen LogP contribution in [0.2, 0.25) is 0 Å². The quantitative estimate of drug-likeness (QED) is 0.286. The summed E-state index contributed by atoms with van der Waals surface area (Å²) in [7, 11) is -4.84. The Bertz CT molecular complexity index is 394. The number of hydrogen-bond donors (Lipinski definition) is 3. The van der Waals surface area contributed by atoms with Gasteiger partial charge < -0.3 is 17.1 Å². The van der Waals surface area contributed by atoms with Crippen molar-refractivity contribution in [2.45, 2.75) is 51.2 Å². The molecule has 0 aliphatic carbocycles. The predicted octanol–water partition coefficient (Wildman–Crippen LogP) is -1.16. The minimum absolute atomic E-state index is 0. The van der Waals surface area contributed by atoms with Crippen molar-refractivity contribution in [2.75, 3.05) is 0 Å². The van der Waals surface area contributed by atoms with Crippen LogP contribution in [0, 0.1) is 12.8 Å². The van der Waals surface area contributed by atoms with Crippen molar-refractivity contribution in [1.29, 1.82) is 0 Å². The minimum atomic E-state index is -4.84. The van der Waals surface area contributed by atoms with Crippen LogP contribution in [0.15, 0.2) is 0 Å². The van der Waals surface area contributed by atoms with Crippen LogP contribution in [-0.4, -0.2) is 40.4 Å². The zero-order valence-electron chi connectivity index (χ0n) is 12.8. The van der Waals surface area contributed by atoms with Crippen LogP contribution in [0.25, 0.3) is 0 Å². The van der Waals surface area contributed by atoms with Crippen LogP contribution in [0.3, 0.4) is 0 Å². The zero-order valence-corrected chi connectivity index (χ0v) is 16.7. The molecule has 2 atom stereocenters. The van der Waals surface area contributed by atoms with Gasteiger partial charge in [-0.25, -0.2) is 0 Å². The number of carboxylic acids is 2. The molecular weight excluding hydrogens is 327 g/mol. The van der Waals surface area contributed by atoms with Gasteiger partial charge in [0.05, 0.1) is 6.42 Å². The molecule has 2 unspecified atom stereocenters. The summed E-state index contributed by atoms with van der Waals surface area (Å²) in [6, 6.07) is 0. The van der Waals surface area contributed by atoms with Crippen LogP contribution in [0.4, 0.5) is 0 Å². The maximum absolute atomic E-state index is 10.2. The second kappa shape index (κ2) is 14.1. The van der Waals surface area contributed by atoms with E-state index in [0.717, 1.165) is 0 Å². The van der Waals surface area contributed by atoms with Crippen molar-refractivity contribution < 1.29 is 84.2 Å². The van der Waals surface area contributed by atoms with E-state index in [1.165, 1.54) is 25.7 Å². The fourth-order valence-electron chi connectivity index (χ4n) is 1.18. The van der Waals surface area contributed by atoms with Crippen LogP contribution in [0.5, 0.6) is 0 Å². The molecule has 0 aliphatic rings. The monoisotopic (exact) mass is 350 g/mol. The van der Waals surface area contributed by atoms with Gasteiger partial charge in [0.1, 0.15) is 0 Å². The van der Waals surface area contributed by atoms with Gasteiger partial charge in [-0.05, 0) is 0 Å². The fourth-order valence-corrected chi connectivity index (χ4v) is 1.78. The molecule has 120 valence electrons. The summed E-state index contributed by atoms with van der Waals surface area (Å²) in [5.74, 6) is -2.80. The number of hydrogen-bond acceptors (Lipinski definition) is 4. The number of carbonyl (C=O) groups is 2. The second-order valence-corrected chi connectivity index (χ2v) is 5.96. The Hall–Kier alpha value is 0.486. The number of aliphatic carboxylic acids is 2. The standard InChI is InChI=1S/C8H17.C4H6O7S.K/c1-4-6-7-8(3)5-2;5-3(6)1-2(4(7)8)12(9,10)11;/h8H,3-7H2,1-2H3;2H,1H2,(H,5,6)(H,7,8)(H,9,10,11);/q-1;;+1. The summed E-state index contributed by atoms with van der Waals surface area (Å²) >= 11 is 0. The largest absolute Gasteiger partial charge is 1.00 e. The van der Waals surface area contributed by atoms with E-state index in [-0.39, 0.29) is 51.4 Å². The fraction of sp³-hybridized carbons (Fsp3) is 0.750. The molecule has 21 heavy (non-hydrogen) atoms. The predicted molar refractivity (Wildman–Crippen MR) is 73.9 cm³/mol. The molecule has 0 rings (SSSR count). The summed E-state index contributed by atoms with van der Waals surface area (Å²) in [5.41, 5.74) is 0. The van der Waals surface area contributed by atoms with Crippen LogP contribution >= 0.6 is 0 Å². The van der Waals surface area contributed by atoms with Crippen molar-refractivity contribution in [3.8, 4) is 0 Å². The molecular formula is C12H23KO7S. The molecule has 0 heterocycles. The molecule has 0 fully saturated rings.